The number of Topliss-reactive ketones (excluding diaryl/α,β-unsaturated/α-hetero) is 1. The molecule has 0 radical (unpaired) electrons. The van der Waals surface area contributed by atoms with E-state index in [-0.39, 0.29) is 35.4 Å². The van der Waals surface area contributed by atoms with E-state index in [1.165, 1.54) is 6.92 Å². The molecule has 0 bridgehead atoms. The fourth-order valence-corrected chi connectivity index (χ4v) is 7.91. The molecule has 4 aliphatic carbocycles. The van der Waals surface area contributed by atoms with Crippen LogP contribution in [0.1, 0.15) is 79.1 Å². The first-order valence-electron chi connectivity index (χ1n) is 12.3. The predicted molar refractivity (Wildman–Crippen MR) is 119 cm³/mol. The Kier molecular flexibility index (Phi) is 6.09. The molecule has 4 aliphatic rings. The molecule has 0 aliphatic heterocycles. The average molecular weight is 461 g/mol. The lowest BCUT2D eigenvalue weighted by atomic mass is 9.45. The van der Waals surface area contributed by atoms with Crippen molar-refractivity contribution in [2.75, 3.05) is 6.61 Å². The molecule has 0 spiro atoms. The van der Waals surface area contributed by atoms with Crippen LogP contribution in [0.25, 0.3) is 0 Å². The van der Waals surface area contributed by atoms with E-state index in [9.17, 15) is 24.3 Å². The highest BCUT2D eigenvalue weighted by molar-refractivity contribution is 5.93. The molecule has 0 amide bonds. The van der Waals surface area contributed by atoms with Gasteiger partial charge in [-0.3, -0.25) is 19.2 Å². The van der Waals surface area contributed by atoms with Crippen LogP contribution in [0.3, 0.4) is 0 Å². The molecule has 4 rings (SSSR count). The lowest BCUT2D eigenvalue weighted by Crippen LogP contribution is -2.63. The smallest absolute Gasteiger partial charge is 0.306 e. The molecular weight excluding hydrogens is 424 g/mol. The third kappa shape index (κ3) is 3.58. The van der Waals surface area contributed by atoms with Crippen LogP contribution >= 0.6 is 0 Å². The number of aliphatic hydroxyl groups is 1. The van der Waals surface area contributed by atoms with Crippen LogP contribution in [0.5, 0.6) is 0 Å². The molecule has 33 heavy (non-hydrogen) atoms. The summed E-state index contributed by atoms with van der Waals surface area (Å²) < 4.78 is 11.0. The van der Waals surface area contributed by atoms with Gasteiger partial charge in [-0.2, -0.15) is 0 Å². The third-order valence-electron chi connectivity index (χ3n) is 9.45. The van der Waals surface area contributed by atoms with E-state index >= 15 is 0 Å². The van der Waals surface area contributed by atoms with E-state index in [1.54, 1.807) is 13.0 Å². The van der Waals surface area contributed by atoms with E-state index in [2.05, 4.69) is 6.92 Å². The van der Waals surface area contributed by atoms with E-state index in [0.717, 1.165) is 24.8 Å². The Morgan fingerprint density at radius 3 is 2.55 bits per heavy atom. The van der Waals surface area contributed by atoms with Crippen molar-refractivity contribution in [1.82, 2.24) is 0 Å². The number of ether oxygens (including phenoxy) is 2. The molecule has 0 aromatic heterocycles. The number of carbonyl (C=O) groups excluding carboxylic acids is 4. The highest BCUT2D eigenvalue weighted by Crippen LogP contribution is 2.68. The highest BCUT2D eigenvalue weighted by Gasteiger charge is 2.70. The normalized spacial score (nSPS) is 41.8. The summed E-state index contributed by atoms with van der Waals surface area (Å²) in [5.74, 6) is -0.999. The zero-order valence-corrected chi connectivity index (χ0v) is 20.1. The van der Waals surface area contributed by atoms with Gasteiger partial charge in [0.2, 0.25) is 5.78 Å². The third-order valence-corrected chi connectivity index (χ3v) is 9.45. The van der Waals surface area contributed by atoms with Crippen molar-refractivity contribution in [3.63, 3.8) is 0 Å². The summed E-state index contributed by atoms with van der Waals surface area (Å²) in [7, 11) is 0. The number of hydrogen-bond donors (Lipinski definition) is 1. The highest BCUT2D eigenvalue weighted by atomic mass is 16.6. The lowest BCUT2D eigenvalue weighted by Gasteiger charge is -2.60. The Labute approximate surface area is 195 Å². The summed E-state index contributed by atoms with van der Waals surface area (Å²) in [6, 6.07) is 0. The summed E-state index contributed by atoms with van der Waals surface area (Å²) in [5.41, 5.74) is -1.25. The van der Waals surface area contributed by atoms with Crippen LogP contribution in [0.4, 0.5) is 0 Å². The number of ketones is 2. The van der Waals surface area contributed by atoms with Crippen LogP contribution in [-0.2, 0) is 28.7 Å². The van der Waals surface area contributed by atoms with Crippen molar-refractivity contribution < 1.29 is 33.8 Å². The van der Waals surface area contributed by atoms with Crippen LogP contribution < -0.4 is 0 Å². The standard InChI is InChI=1S/C26H36O7/c1-5-22(31)33-26(21(30)14-32-15(2)27)11-9-19-18-7-6-16-12-17(28)8-10-24(16,3)23(18)20(29)13-25(19,26)4/h12,18-20,23,29H,5-11,13-14H2,1-4H3/t18-,19-,20-,23?,24-,25-,26-/m0/s1. The Hall–Kier alpha value is -2.02. The summed E-state index contributed by atoms with van der Waals surface area (Å²) in [6.45, 7) is 6.64. The van der Waals surface area contributed by atoms with Crippen LogP contribution in [0.2, 0.25) is 0 Å². The van der Waals surface area contributed by atoms with E-state index < -0.39 is 41.4 Å². The molecule has 1 unspecified atom stereocenters. The Morgan fingerprint density at radius 1 is 1.15 bits per heavy atom. The van der Waals surface area contributed by atoms with Crippen molar-refractivity contribution in [3.05, 3.63) is 11.6 Å². The number of hydrogen-bond acceptors (Lipinski definition) is 7. The van der Waals surface area contributed by atoms with Crippen LogP contribution in [-0.4, -0.2) is 46.9 Å². The second-order valence-corrected chi connectivity index (χ2v) is 11.0. The number of aliphatic hydroxyl groups excluding tert-OH is 1. The maximum atomic E-state index is 13.5. The second kappa shape index (κ2) is 8.33. The number of fused-ring (bicyclic) bond motifs is 5. The van der Waals surface area contributed by atoms with Gasteiger partial charge in [-0.05, 0) is 67.8 Å². The van der Waals surface area contributed by atoms with E-state index in [0.29, 0.717) is 25.7 Å². The second-order valence-electron chi connectivity index (χ2n) is 11.0. The minimum absolute atomic E-state index is 0.00456. The Balaban J connectivity index is 1.72. The summed E-state index contributed by atoms with van der Waals surface area (Å²) in [5, 5.41) is 11.6. The number of carbonyl (C=O) groups is 4. The topological polar surface area (TPSA) is 107 Å². The van der Waals surface area contributed by atoms with Gasteiger partial charge in [0.05, 0.1) is 6.10 Å². The van der Waals surface area contributed by atoms with Gasteiger partial charge in [0, 0.05) is 25.2 Å². The Morgan fingerprint density at radius 2 is 1.88 bits per heavy atom. The molecule has 0 saturated heterocycles. The van der Waals surface area contributed by atoms with Gasteiger partial charge in [0.15, 0.2) is 18.0 Å². The van der Waals surface area contributed by atoms with Crippen molar-refractivity contribution in [1.29, 1.82) is 0 Å². The first kappa shape index (κ1) is 24.1. The predicted octanol–water partition coefficient (Wildman–Crippen LogP) is 3.31. The molecule has 0 aromatic carbocycles. The zero-order chi connectivity index (χ0) is 24.2. The van der Waals surface area contributed by atoms with Crippen molar-refractivity contribution in [2.24, 2.45) is 28.6 Å². The van der Waals surface area contributed by atoms with E-state index in [4.69, 9.17) is 9.47 Å². The van der Waals surface area contributed by atoms with E-state index in [1.807, 2.05) is 6.92 Å². The van der Waals surface area contributed by atoms with Crippen molar-refractivity contribution in [3.8, 4) is 0 Å². The molecule has 7 nitrogen and oxygen atoms in total. The molecule has 0 aromatic rings. The van der Waals surface area contributed by atoms with Gasteiger partial charge in [0.25, 0.3) is 0 Å². The summed E-state index contributed by atoms with van der Waals surface area (Å²) in [6.07, 6.45) is 5.55. The zero-order valence-electron chi connectivity index (χ0n) is 20.1. The van der Waals surface area contributed by atoms with Crippen molar-refractivity contribution in [2.45, 2.75) is 90.8 Å². The summed E-state index contributed by atoms with van der Waals surface area (Å²) in [4.78, 5) is 49.4. The monoisotopic (exact) mass is 460 g/mol. The quantitative estimate of drug-likeness (QED) is 0.627. The fourth-order valence-electron chi connectivity index (χ4n) is 7.91. The number of esters is 2. The maximum Gasteiger partial charge on any atom is 0.306 e. The minimum atomic E-state index is -1.41. The molecule has 3 saturated carbocycles. The minimum Gasteiger partial charge on any atom is -0.458 e. The first-order chi connectivity index (χ1) is 15.5. The summed E-state index contributed by atoms with van der Waals surface area (Å²) >= 11 is 0. The molecule has 182 valence electrons. The van der Waals surface area contributed by atoms with Crippen LogP contribution in [0.15, 0.2) is 11.6 Å². The molecular formula is C26H36O7. The molecule has 1 N–H and O–H groups in total. The van der Waals surface area contributed by atoms with Gasteiger partial charge < -0.3 is 14.6 Å². The molecule has 7 heteroatoms. The van der Waals surface area contributed by atoms with Gasteiger partial charge >= 0.3 is 11.9 Å². The molecule has 3 fully saturated rings. The molecule has 0 heterocycles. The Bertz CT molecular complexity index is 906. The lowest BCUT2D eigenvalue weighted by molar-refractivity contribution is -0.202. The largest absolute Gasteiger partial charge is 0.458 e. The SMILES string of the molecule is CCC(=O)O[C@]1(C(=O)COC(C)=O)CC[C@H]2[C@@H]3CCC4=CC(=O)CC[C@]4(C)C3[C@@H](O)C[C@@]21C. The van der Waals surface area contributed by atoms with Crippen molar-refractivity contribution >= 4 is 23.5 Å². The van der Waals surface area contributed by atoms with Crippen LogP contribution in [0, 0.1) is 28.6 Å². The van der Waals surface area contributed by atoms with Gasteiger partial charge in [0.1, 0.15) is 0 Å². The first-order valence-corrected chi connectivity index (χ1v) is 12.3. The number of allylic oxidation sites excluding steroid dienone is 1. The van der Waals surface area contributed by atoms with Gasteiger partial charge in [-0.15, -0.1) is 0 Å². The van der Waals surface area contributed by atoms with Gasteiger partial charge in [-0.25, -0.2) is 0 Å². The fraction of sp³-hybridized carbons (Fsp3) is 0.769. The maximum absolute atomic E-state index is 13.5. The average Bonchev–Trinajstić information content (AvgIpc) is 3.04. The molecule has 7 atom stereocenters. The van der Waals surface area contributed by atoms with Gasteiger partial charge in [-0.1, -0.05) is 26.3 Å². The number of rotatable bonds is 5.